The van der Waals surface area contributed by atoms with Crippen molar-refractivity contribution in [2.75, 3.05) is 44.2 Å². The number of carbonyl (C=O) groups excluding carboxylic acids is 2. The van der Waals surface area contributed by atoms with Gasteiger partial charge in [-0.2, -0.15) is 0 Å². The topological polar surface area (TPSA) is 65.4 Å². The number of hydrogen-bond acceptors (Lipinski definition) is 5. The van der Waals surface area contributed by atoms with Crippen molar-refractivity contribution in [1.82, 2.24) is 9.80 Å². The number of ether oxygens (including phenoxy) is 1. The summed E-state index contributed by atoms with van der Waals surface area (Å²) in [5.41, 5.74) is 1.70. The molecule has 0 aromatic heterocycles. The highest BCUT2D eigenvalue weighted by Crippen LogP contribution is 2.24. The number of amidine groups is 1. The van der Waals surface area contributed by atoms with Crippen LogP contribution in [-0.4, -0.2) is 67.0 Å². The van der Waals surface area contributed by atoms with Crippen molar-refractivity contribution in [2.45, 2.75) is 20.3 Å². The van der Waals surface area contributed by atoms with Gasteiger partial charge in [0.05, 0.1) is 17.8 Å². The van der Waals surface area contributed by atoms with Gasteiger partial charge in [-0.1, -0.05) is 12.5 Å². The van der Waals surface area contributed by atoms with E-state index in [4.69, 9.17) is 4.74 Å². The minimum absolute atomic E-state index is 0.0247. The molecule has 3 aliphatic heterocycles. The molecule has 2 amide bonds. The molecule has 1 aromatic carbocycles. The van der Waals surface area contributed by atoms with Crippen LogP contribution in [0.3, 0.4) is 0 Å². The van der Waals surface area contributed by atoms with Crippen molar-refractivity contribution in [1.29, 1.82) is 0 Å². The summed E-state index contributed by atoms with van der Waals surface area (Å²) < 4.78 is 19.5. The average Bonchev–Trinajstić information content (AvgIpc) is 3.13. The van der Waals surface area contributed by atoms with Gasteiger partial charge in [0.1, 0.15) is 18.3 Å². The Morgan fingerprint density at radius 2 is 1.97 bits per heavy atom. The summed E-state index contributed by atoms with van der Waals surface area (Å²) in [5.74, 6) is 0.479. The Bertz CT molecular complexity index is 890. The van der Waals surface area contributed by atoms with E-state index in [0.29, 0.717) is 44.3 Å². The fourth-order valence-electron chi connectivity index (χ4n) is 4.11. The zero-order chi connectivity index (χ0) is 20.5. The maximum Gasteiger partial charge on any atom is 0.414 e. The van der Waals surface area contributed by atoms with Gasteiger partial charge in [-0.05, 0) is 31.5 Å². The smallest absolute Gasteiger partial charge is 0.414 e. The van der Waals surface area contributed by atoms with Crippen LogP contribution in [-0.2, 0) is 4.74 Å². The molecule has 1 aromatic rings. The number of amides is 2. The molecule has 2 saturated heterocycles. The number of hydrogen-bond donors (Lipinski definition) is 0. The van der Waals surface area contributed by atoms with Gasteiger partial charge in [-0.25, -0.2) is 14.2 Å². The van der Waals surface area contributed by atoms with Crippen LogP contribution in [0.25, 0.3) is 0 Å². The van der Waals surface area contributed by atoms with Gasteiger partial charge in [0.25, 0.3) is 5.91 Å². The molecule has 8 heteroatoms. The van der Waals surface area contributed by atoms with Gasteiger partial charge in [-0.15, -0.1) is 0 Å². The van der Waals surface area contributed by atoms with Crippen molar-refractivity contribution in [2.24, 2.45) is 10.9 Å². The fourth-order valence-corrected chi connectivity index (χ4v) is 4.11. The summed E-state index contributed by atoms with van der Waals surface area (Å²) in [6.45, 7) is 7.32. The molecule has 0 N–H and O–H groups in total. The summed E-state index contributed by atoms with van der Waals surface area (Å²) >= 11 is 0. The number of piperazine rings is 1. The van der Waals surface area contributed by atoms with E-state index >= 15 is 0 Å². The highest BCUT2D eigenvalue weighted by atomic mass is 19.1. The predicted octanol–water partition coefficient (Wildman–Crippen LogP) is 2.88. The number of aliphatic imine (C=N–C) groups is 1. The number of benzene rings is 1. The van der Waals surface area contributed by atoms with Crippen LogP contribution in [0, 0.1) is 11.7 Å². The molecular weight excluding hydrogens is 375 g/mol. The predicted molar refractivity (Wildman–Crippen MR) is 108 cm³/mol. The Morgan fingerprint density at radius 1 is 1.21 bits per heavy atom. The normalized spacial score (nSPS) is 22.4. The van der Waals surface area contributed by atoms with Crippen LogP contribution in [0.15, 0.2) is 35.0 Å². The Hall–Kier alpha value is -2.90. The van der Waals surface area contributed by atoms with Crippen molar-refractivity contribution in [3.8, 4) is 0 Å². The van der Waals surface area contributed by atoms with Gasteiger partial charge in [0.15, 0.2) is 0 Å². The molecule has 4 rings (SSSR count). The SMILES string of the molecule is CC1=CN=C(N2CCN(C(=O)c3ccc(N4CCOC4=O)cc3F)CC2)C(C)C1. The van der Waals surface area contributed by atoms with E-state index in [9.17, 15) is 14.0 Å². The lowest BCUT2D eigenvalue weighted by Gasteiger charge is -2.38. The molecule has 154 valence electrons. The summed E-state index contributed by atoms with van der Waals surface area (Å²) in [6, 6.07) is 4.27. The summed E-state index contributed by atoms with van der Waals surface area (Å²) in [4.78, 5) is 34.3. The number of halogens is 1. The van der Waals surface area contributed by atoms with E-state index < -0.39 is 11.9 Å². The summed E-state index contributed by atoms with van der Waals surface area (Å²) in [5, 5.41) is 0. The highest BCUT2D eigenvalue weighted by Gasteiger charge is 2.29. The van der Waals surface area contributed by atoms with Crippen LogP contribution < -0.4 is 4.90 Å². The van der Waals surface area contributed by atoms with Gasteiger partial charge in [-0.3, -0.25) is 9.69 Å². The van der Waals surface area contributed by atoms with Crippen LogP contribution in [0.4, 0.5) is 14.9 Å². The van der Waals surface area contributed by atoms with E-state index in [2.05, 4.69) is 23.7 Å². The number of rotatable bonds is 2. The molecule has 3 aliphatic rings. The summed E-state index contributed by atoms with van der Waals surface area (Å²) in [7, 11) is 0. The van der Waals surface area contributed by atoms with Gasteiger partial charge in [0, 0.05) is 38.3 Å². The minimum atomic E-state index is -0.625. The van der Waals surface area contributed by atoms with Gasteiger partial charge >= 0.3 is 6.09 Å². The lowest BCUT2D eigenvalue weighted by Crippen LogP contribution is -2.52. The zero-order valence-electron chi connectivity index (χ0n) is 16.7. The molecule has 29 heavy (non-hydrogen) atoms. The number of carbonyl (C=O) groups is 2. The molecule has 1 unspecified atom stereocenters. The number of nitrogens with zero attached hydrogens (tertiary/aromatic N) is 4. The Labute approximate surface area is 169 Å². The second-order valence-electron chi connectivity index (χ2n) is 7.78. The number of anilines is 1. The molecule has 2 fully saturated rings. The largest absolute Gasteiger partial charge is 0.447 e. The van der Waals surface area contributed by atoms with Crippen molar-refractivity contribution >= 4 is 23.5 Å². The molecule has 0 bridgehead atoms. The van der Waals surface area contributed by atoms with Crippen LogP contribution in [0.5, 0.6) is 0 Å². The molecular formula is C21H25FN4O3. The lowest BCUT2D eigenvalue weighted by atomic mass is 9.98. The standard InChI is InChI=1S/C21H25FN4O3/c1-14-11-15(2)19(23-13-14)24-5-7-25(8-6-24)20(27)17-4-3-16(12-18(17)22)26-9-10-29-21(26)28/h3-4,12-13,15H,5-11H2,1-2H3. The molecule has 3 heterocycles. The molecule has 0 aliphatic carbocycles. The first kappa shape index (κ1) is 19.4. The highest BCUT2D eigenvalue weighted by molar-refractivity contribution is 5.96. The molecule has 0 spiro atoms. The second-order valence-corrected chi connectivity index (χ2v) is 7.78. The molecule has 7 nitrogen and oxygen atoms in total. The van der Waals surface area contributed by atoms with Crippen molar-refractivity contribution in [3.63, 3.8) is 0 Å². The van der Waals surface area contributed by atoms with E-state index in [1.807, 2.05) is 6.20 Å². The fraction of sp³-hybridized carbons (Fsp3) is 0.476. The maximum atomic E-state index is 14.6. The first-order valence-electron chi connectivity index (χ1n) is 9.95. The van der Waals surface area contributed by atoms with Crippen LogP contribution >= 0.6 is 0 Å². The first-order chi connectivity index (χ1) is 13.9. The van der Waals surface area contributed by atoms with Gasteiger partial charge in [0.2, 0.25) is 0 Å². The maximum absolute atomic E-state index is 14.6. The average molecular weight is 400 g/mol. The zero-order valence-corrected chi connectivity index (χ0v) is 16.7. The minimum Gasteiger partial charge on any atom is -0.447 e. The van der Waals surface area contributed by atoms with Crippen LogP contribution in [0.2, 0.25) is 0 Å². The third-order valence-electron chi connectivity index (χ3n) is 5.63. The second kappa shape index (κ2) is 7.85. The monoisotopic (exact) mass is 400 g/mol. The van der Waals surface area contributed by atoms with E-state index in [1.165, 1.54) is 22.6 Å². The third-order valence-corrected chi connectivity index (χ3v) is 5.63. The molecule has 0 saturated carbocycles. The quantitative estimate of drug-likeness (QED) is 0.766. The molecule has 1 atom stereocenters. The Kier molecular flexibility index (Phi) is 5.25. The van der Waals surface area contributed by atoms with Gasteiger partial charge < -0.3 is 14.5 Å². The molecule has 0 radical (unpaired) electrons. The van der Waals surface area contributed by atoms with E-state index in [1.54, 1.807) is 11.0 Å². The number of allylic oxidation sites excluding steroid dienone is 1. The third kappa shape index (κ3) is 3.83. The summed E-state index contributed by atoms with van der Waals surface area (Å²) in [6.07, 6.45) is 2.42. The Balaban J connectivity index is 1.41. The number of cyclic esters (lactones) is 1. The van der Waals surface area contributed by atoms with Crippen LogP contribution in [0.1, 0.15) is 30.6 Å². The Morgan fingerprint density at radius 3 is 2.59 bits per heavy atom. The first-order valence-corrected chi connectivity index (χ1v) is 9.95. The van der Waals surface area contributed by atoms with E-state index in [0.717, 1.165) is 12.3 Å². The lowest BCUT2D eigenvalue weighted by molar-refractivity contribution is 0.0684. The van der Waals surface area contributed by atoms with Crippen molar-refractivity contribution < 1.29 is 18.7 Å². The van der Waals surface area contributed by atoms with Crippen molar-refractivity contribution in [3.05, 3.63) is 41.4 Å². The van der Waals surface area contributed by atoms with E-state index in [-0.39, 0.29) is 18.1 Å².